The maximum absolute atomic E-state index is 12.5. The SMILES string of the molecule is Cc1c(Br)ccc2c1C(=Cc1[nH]c3c(c1C(=O)O)CCCC3)C(=O)N2. The highest BCUT2D eigenvalue weighted by Crippen LogP contribution is 2.39. The average molecular weight is 401 g/mol. The number of fused-ring (bicyclic) bond motifs is 2. The number of amides is 1. The third-order valence-electron chi connectivity index (χ3n) is 4.99. The van der Waals surface area contributed by atoms with Crippen molar-refractivity contribution in [3.8, 4) is 0 Å². The molecule has 1 amide bonds. The van der Waals surface area contributed by atoms with Crippen LogP contribution in [0.3, 0.4) is 0 Å². The molecule has 0 spiro atoms. The van der Waals surface area contributed by atoms with Crippen LogP contribution in [0.5, 0.6) is 0 Å². The smallest absolute Gasteiger partial charge is 0.338 e. The van der Waals surface area contributed by atoms with E-state index in [0.717, 1.165) is 58.2 Å². The van der Waals surface area contributed by atoms with Crippen LogP contribution in [0.4, 0.5) is 5.69 Å². The van der Waals surface area contributed by atoms with Crippen LogP contribution in [0.25, 0.3) is 11.6 Å². The first-order chi connectivity index (χ1) is 12.0. The molecule has 3 N–H and O–H groups in total. The number of carboxylic acid groups (broad SMARTS) is 1. The molecule has 0 saturated carbocycles. The third-order valence-corrected chi connectivity index (χ3v) is 5.85. The number of aromatic nitrogens is 1. The van der Waals surface area contributed by atoms with Crippen molar-refractivity contribution in [3.05, 3.63) is 50.2 Å². The van der Waals surface area contributed by atoms with Crippen LogP contribution in [0.1, 0.15) is 51.3 Å². The van der Waals surface area contributed by atoms with Gasteiger partial charge in [-0.25, -0.2) is 4.79 Å². The van der Waals surface area contributed by atoms with Crippen molar-refractivity contribution < 1.29 is 14.7 Å². The van der Waals surface area contributed by atoms with Crippen LogP contribution in [-0.4, -0.2) is 22.0 Å². The van der Waals surface area contributed by atoms with E-state index in [0.29, 0.717) is 16.8 Å². The first-order valence-corrected chi connectivity index (χ1v) is 9.06. The zero-order valence-electron chi connectivity index (χ0n) is 13.7. The number of hydrogen-bond acceptors (Lipinski definition) is 2. The highest BCUT2D eigenvalue weighted by atomic mass is 79.9. The van der Waals surface area contributed by atoms with E-state index < -0.39 is 5.97 Å². The maximum atomic E-state index is 12.5. The van der Waals surface area contributed by atoms with E-state index in [1.807, 2.05) is 19.1 Å². The predicted octanol–water partition coefficient (Wildman–Crippen LogP) is 4.16. The molecule has 1 aliphatic carbocycles. The van der Waals surface area contributed by atoms with Gasteiger partial charge in [0.2, 0.25) is 0 Å². The molecule has 1 aromatic heterocycles. The zero-order valence-corrected chi connectivity index (χ0v) is 15.3. The fourth-order valence-corrected chi connectivity index (χ4v) is 4.11. The summed E-state index contributed by atoms with van der Waals surface area (Å²) in [6, 6.07) is 3.75. The van der Waals surface area contributed by atoms with Crippen LogP contribution in [0.15, 0.2) is 16.6 Å². The summed E-state index contributed by atoms with van der Waals surface area (Å²) >= 11 is 3.50. The number of aromatic amines is 1. The average Bonchev–Trinajstić information content (AvgIpc) is 3.09. The van der Waals surface area contributed by atoms with Crippen molar-refractivity contribution in [2.75, 3.05) is 5.32 Å². The largest absolute Gasteiger partial charge is 0.478 e. The Morgan fingerprint density at radius 3 is 2.80 bits per heavy atom. The molecular weight excluding hydrogens is 384 g/mol. The number of aryl methyl sites for hydroxylation is 1. The number of anilines is 1. The highest BCUT2D eigenvalue weighted by Gasteiger charge is 2.29. The molecular formula is C19H17BrN2O3. The zero-order chi connectivity index (χ0) is 17.7. The van der Waals surface area contributed by atoms with Gasteiger partial charge >= 0.3 is 5.97 Å². The second-order valence-corrected chi connectivity index (χ2v) is 7.34. The van der Waals surface area contributed by atoms with Crippen molar-refractivity contribution in [2.24, 2.45) is 0 Å². The number of carboxylic acids is 1. The molecule has 5 nitrogen and oxygen atoms in total. The van der Waals surface area contributed by atoms with Gasteiger partial charge in [-0.2, -0.15) is 0 Å². The van der Waals surface area contributed by atoms with Crippen molar-refractivity contribution in [3.63, 3.8) is 0 Å². The highest BCUT2D eigenvalue weighted by molar-refractivity contribution is 9.10. The summed E-state index contributed by atoms with van der Waals surface area (Å²) in [7, 11) is 0. The first kappa shape index (κ1) is 16.1. The van der Waals surface area contributed by atoms with E-state index in [2.05, 4.69) is 26.2 Å². The minimum Gasteiger partial charge on any atom is -0.478 e. The molecule has 2 aliphatic rings. The summed E-state index contributed by atoms with van der Waals surface area (Å²) in [5, 5.41) is 12.5. The van der Waals surface area contributed by atoms with Crippen molar-refractivity contribution in [1.82, 2.24) is 4.98 Å². The van der Waals surface area contributed by atoms with E-state index in [9.17, 15) is 14.7 Å². The number of hydrogen-bond donors (Lipinski definition) is 3. The second-order valence-electron chi connectivity index (χ2n) is 6.49. The Labute approximate surface area is 153 Å². The van der Waals surface area contributed by atoms with Crippen LogP contribution in [-0.2, 0) is 17.6 Å². The number of carbonyl (C=O) groups excluding carboxylic acids is 1. The molecule has 6 heteroatoms. The Morgan fingerprint density at radius 2 is 2.04 bits per heavy atom. The summed E-state index contributed by atoms with van der Waals surface area (Å²) in [5.41, 5.74) is 5.71. The van der Waals surface area contributed by atoms with E-state index in [1.54, 1.807) is 6.08 Å². The van der Waals surface area contributed by atoms with Gasteiger partial charge in [0.1, 0.15) is 0 Å². The van der Waals surface area contributed by atoms with Crippen LogP contribution < -0.4 is 5.32 Å². The van der Waals surface area contributed by atoms with Gasteiger partial charge in [0, 0.05) is 21.4 Å². The van der Waals surface area contributed by atoms with Gasteiger partial charge in [-0.15, -0.1) is 0 Å². The van der Waals surface area contributed by atoms with E-state index in [1.165, 1.54) is 0 Å². The van der Waals surface area contributed by atoms with Crippen molar-refractivity contribution in [1.29, 1.82) is 0 Å². The summed E-state index contributed by atoms with van der Waals surface area (Å²) in [5.74, 6) is -1.16. The Kier molecular flexibility index (Phi) is 3.80. The molecule has 25 heavy (non-hydrogen) atoms. The fraction of sp³-hybridized carbons (Fsp3) is 0.263. The third kappa shape index (κ3) is 2.52. The lowest BCUT2D eigenvalue weighted by atomic mass is 9.94. The molecule has 4 rings (SSSR count). The Hall–Kier alpha value is -2.34. The monoisotopic (exact) mass is 400 g/mol. The molecule has 128 valence electrons. The summed E-state index contributed by atoms with van der Waals surface area (Å²) in [6.45, 7) is 1.94. The molecule has 0 bridgehead atoms. The van der Waals surface area contributed by atoms with E-state index in [4.69, 9.17) is 0 Å². The number of halogens is 1. The summed E-state index contributed by atoms with van der Waals surface area (Å²) < 4.78 is 0.915. The standard InChI is InChI=1S/C19H17BrN2O3/c1-9-12(20)6-7-14-16(9)11(18(23)22-14)8-15-17(19(24)25)10-4-2-3-5-13(10)21-15/h6-8,21H,2-5H2,1H3,(H,22,23)(H,24,25). The minimum absolute atomic E-state index is 0.208. The molecule has 2 aromatic rings. The lowest BCUT2D eigenvalue weighted by molar-refractivity contribution is -0.110. The lowest BCUT2D eigenvalue weighted by Crippen LogP contribution is -2.07. The Bertz CT molecular complexity index is 956. The first-order valence-electron chi connectivity index (χ1n) is 8.27. The van der Waals surface area contributed by atoms with E-state index in [-0.39, 0.29) is 5.91 Å². The lowest BCUT2D eigenvalue weighted by Gasteiger charge is -2.10. The van der Waals surface area contributed by atoms with Gasteiger partial charge in [0.25, 0.3) is 5.91 Å². The van der Waals surface area contributed by atoms with E-state index >= 15 is 0 Å². The van der Waals surface area contributed by atoms with Gasteiger partial charge in [0.15, 0.2) is 0 Å². The van der Waals surface area contributed by atoms with Crippen molar-refractivity contribution in [2.45, 2.75) is 32.6 Å². The molecule has 0 fully saturated rings. The number of rotatable bonds is 2. The fourth-order valence-electron chi connectivity index (χ4n) is 3.78. The van der Waals surface area contributed by atoms with Crippen LogP contribution >= 0.6 is 15.9 Å². The molecule has 0 radical (unpaired) electrons. The normalized spacial score (nSPS) is 17.4. The van der Waals surface area contributed by atoms with Gasteiger partial charge in [0.05, 0.1) is 16.8 Å². The predicted molar refractivity (Wildman–Crippen MR) is 99.8 cm³/mol. The van der Waals surface area contributed by atoms with Gasteiger partial charge in [-0.1, -0.05) is 15.9 Å². The van der Waals surface area contributed by atoms with Crippen LogP contribution in [0, 0.1) is 6.92 Å². The Morgan fingerprint density at radius 1 is 1.28 bits per heavy atom. The van der Waals surface area contributed by atoms with Crippen molar-refractivity contribution >= 4 is 45.1 Å². The molecule has 0 atom stereocenters. The number of nitrogens with one attached hydrogen (secondary N) is 2. The minimum atomic E-state index is -0.948. The molecule has 2 heterocycles. The molecule has 0 unspecified atom stereocenters. The quantitative estimate of drug-likeness (QED) is 0.661. The second kappa shape index (κ2) is 5.88. The summed E-state index contributed by atoms with van der Waals surface area (Å²) in [4.78, 5) is 27.5. The van der Waals surface area contributed by atoms with Crippen LogP contribution in [0.2, 0.25) is 0 Å². The number of aromatic carboxylic acids is 1. The number of H-pyrrole nitrogens is 1. The molecule has 1 aliphatic heterocycles. The topological polar surface area (TPSA) is 82.2 Å². The Balaban J connectivity index is 1.91. The summed E-state index contributed by atoms with van der Waals surface area (Å²) in [6.07, 6.45) is 5.35. The maximum Gasteiger partial charge on any atom is 0.338 e. The molecule has 1 aromatic carbocycles. The van der Waals surface area contributed by atoms with Gasteiger partial charge < -0.3 is 15.4 Å². The molecule has 0 saturated heterocycles. The van der Waals surface area contributed by atoms with Gasteiger partial charge in [-0.3, -0.25) is 4.79 Å². The number of carbonyl (C=O) groups is 2. The van der Waals surface area contributed by atoms with Gasteiger partial charge in [-0.05, 0) is 61.9 Å². The number of benzene rings is 1.